The van der Waals surface area contributed by atoms with Gasteiger partial charge in [0.05, 0.1) is 5.69 Å². The van der Waals surface area contributed by atoms with E-state index in [9.17, 15) is 14.4 Å². The first-order valence-electron chi connectivity index (χ1n) is 8.87. The van der Waals surface area contributed by atoms with E-state index < -0.39 is 17.8 Å². The molecule has 0 atom stereocenters. The number of benzene rings is 2. The second-order valence-corrected chi connectivity index (χ2v) is 7.45. The number of hydrogen-bond acceptors (Lipinski definition) is 4. The van der Waals surface area contributed by atoms with Crippen LogP contribution in [-0.4, -0.2) is 17.8 Å². The molecule has 1 saturated heterocycles. The van der Waals surface area contributed by atoms with Crippen molar-refractivity contribution in [1.82, 2.24) is 5.32 Å². The number of barbiturate groups is 1. The number of hydrogen-bond donors (Lipinski definition) is 1. The quantitative estimate of drug-likeness (QED) is 0.446. The van der Waals surface area contributed by atoms with Gasteiger partial charge in [-0.15, -0.1) is 0 Å². The minimum Gasteiger partial charge on any atom is -0.457 e. The number of amides is 4. The molecule has 30 heavy (non-hydrogen) atoms. The summed E-state index contributed by atoms with van der Waals surface area (Å²) >= 11 is 12.1. The van der Waals surface area contributed by atoms with Gasteiger partial charge >= 0.3 is 6.03 Å². The van der Waals surface area contributed by atoms with E-state index in [1.807, 2.05) is 6.07 Å². The van der Waals surface area contributed by atoms with Crippen LogP contribution in [0.3, 0.4) is 0 Å². The summed E-state index contributed by atoms with van der Waals surface area (Å²) in [6, 6.07) is 14.3. The lowest BCUT2D eigenvalue weighted by molar-refractivity contribution is -0.122. The maximum atomic E-state index is 12.9. The minimum atomic E-state index is -0.846. The summed E-state index contributed by atoms with van der Waals surface area (Å²) in [6.07, 6.45) is 1.29. The molecule has 0 aliphatic carbocycles. The lowest BCUT2D eigenvalue weighted by Crippen LogP contribution is -2.54. The van der Waals surface area contributed by atoms with Gasteiger partial charge in [-0.3, -0.25) is 14.9 Å². The molecule has 1 aliphatic heterocycles. The van der Waals surface area contributed by atoms with Gasteiger partial charge in [-0.2, -0.15) is 0 Å². The molecule has 0 unspecified atom stereocenters. The fourth-order valence-corrected chi connectivity index (χ4v) is 3.35. The lowest BCUT2D eigenvalue weighted by Gasteiger charge is -2.26. The molecule has 6 nitrogen and oxygen atoms in total. The van der Waals surface area contributed by atoms with Gasteiger partial charge in [-0.05, 0) is 55.0 Å². The number of urea groups is 1. The van der Waals surface area contributed by atoms with Crippen LogP contribution in [0.15, 0.2) is 64.6 Å². The molecule has 4 rings (SSSR count). The number of anilines is 1. The summed E-state index contributed by atoms with van der Waals surface area (Å²) < 4.78 is 5.73. The molecule has 0 spiro atoms. The highest BCUT2D eigenvalue weighted by molar-refractivity contribution is 6.39. The zero-order valence-corrected chi connectivity index (χ0v) is 17.1. The first-order valence-corrected chi connectivity index (χ1v) is 9.62. The van der Waals surface area contributed by atoms with Crippen LogP contribution < -0.4 is 10.2 Å². The van der Waals surface area contributed by atoms with Crippen LogP contribution in [0.25, 0.3) is 17.4 Å². The Bertz CT molecular complexity index is 1230. The summed E-state index contributed by atoms with van der Waals surface area (Å²) in [6.45, 7) is 1.80. The average Bonchev–Trinajstić information content (AvgIpc) is 3.16. The molecule has 2 aromatic carbocycles. The molecule has 150 valence electrons. The van der Waals surface area contributed by atoms with Gasteiger partial charge in [-0.1, -0.05) is 41.4 Å². The van der Waals surface area contributed by atoms with Crippen LogP contribution in [0.5, 0.6) is 0 Å². The highest BCUT2D eigenvalue weighted by atomic mass is 35.5. The number of nitrogens with one attached hydrogen (secondary N) is 1. The predicted octanol–water partition coefficient (Wildman–Crippen LogP) is 5.23. The SMILES string of the molecule is Cc1ccc(N2C(=O)NC(=O)C(=Cc3ccc(-c4cccc(Cl)c4)o3)C2=O)cc1Cl. The Hall–Kier alpha value is -3.35. The Balaban J connectivity index is 1.68. The Morgan fingerprint density at radius 2 is 1.80 bits per heavy atom. The standard InChI is InChI=1S/C22H14Cl2N2O4/c1-12-5-6-15(10-18(12)24)26-21(28)17(20(27)25-22(26)29)11-16-7-8-19(30-16)13-3-2-4-14(23)9-13/h2-11H,1H3,(H,25,27,29). The van der Waals surface area contributed by atoms with Crippen molar-refractivity contribution in [1.29, 1.82) is 0 Å². The highest BCUT2D eigenvalue weighted by Gasteiger charge is 2.37. The molecule has 0 saturated carbocycles. The third-order valence-corrected chi connectivity index (χ3v) is 5.18. The van der Waals surface area contributed by atoms with Gasteiger partial charge in [0.2, 0.25) is 0 Å². The molecular formula is C22H14Cl2N2O4. The summed E-state index contributed by atoms with van der Waals surface area (Å²) in [5.41, 5.74) is 1.56. The van der Waals surface area contributed by atoms with E-state index in [4.69, 9.17) is 27.6 Å². The van der Waals surface area contributed by atoms with Gasteiger partial charge in [0.25, 0.3) is 11.8 Å². The maximum Gasteiger partial charge on any atom is 0.335 e. The van der Waals surface area contributed by atoms with Gasteiger partial charge in [0, 0.05) is 15.6 Å². The average molecular weight is 441 g/mol. The Kier molecular flexibility index (Phi) is 5.20. The van der Waals surface area contributed by atoms with Gasteiger partial charge in [0.1, 0.15) is 17.1 Å². The number of aryl methyl sites for hydroxylation is 1. The number of furan rings is 1. The zero-order chi connectivity index (χ0) is 21.4. The molecule has 3 aromatic rings. The van der Waals surface area contributed by atoms with Gasteiger partial charge in [-0.25, -0.2) is 9.69 Å². The normalized spacial score (nSPS) is 15.6. The van der Waals surface area contributed by atoms with Crippen molar-refractivity contribution < 1.29 is 18.8 Å². The number of carbonyl (C=O) groups excluding carboxylic acids is 3. The van der Waals surface area contributed by atoms with Crippen molar-refractivity contribution in [3.8, 4) is 11.3 Å². The van der Waals surface area contributed by atoms with Crippen molar-refractivity contribution in [3.05, 3.63) is 81.5 Å². The van der Waals surface area contributed by atoms with E-state index in [2.05, 4.69) is 5.32 Å². The van der Waals surface area contributed by atoms with E-state index in [1.165, 1.54) is 12.1 Å². The minimum absolute atomic E-state index is 0.238. The monoisotopic (exact) mass is 440 g/mol. The Labute approximate surface area is 181 Å². The fraction of sp³-hybridized carbons (Fsp3) is 0.0455. The number of imide groups is 2. The second-order valence-electron chi connectivity index (χ2n) is 6.60. The van der Waals surface area contributed by atoms with Crippen molar-refractivity contribution >= 4 is 52.8 Å². The highest BCUT2D eigenvalue weighted by Crippen LogP contribution is 2.28. The predicted molar refractivity (Wildman–Crippen MR) is 114 cm³/mol. The van der Waals surface area contributed by atoms with Crippen molar-refractivity contribution in [2.45, 2.75) is 6.92 Å². The largest absolute Gasteiger partial charge is 0.457 e. The summed E-state index contributed by atoms with van der Waals surface area (Å²) in [4.78, 5) is 38.4. The fourth-order valence-electron chi connectivity index (χ4n) is 2.98. The van der Waals surface area contributed by atoms with Crippen LogP contribution in [0.4, 0.5) is 10.5 Å². The third kappa shape index (κ3) is 3.75. The second kappa shape index (κ2) is 7.82. The van der Waals surface area contributed by atoms with E-state index in [0.29, 0.717) is 15.8 Å². The van der Waals surface area contributed by atoms with Gasteiger partial charge in [0.15, 0.2) is 0 Å². The first-order chi connectivity index (χ1) is 14.3. The molecule has 4 amide bonds. The zero-order valence-electron chi connectivity index (χ0n) is 15.6. The molecule has 8 heteroatoms. The molecule has 2 heterocycles. The maximum absolute atomic E-state index is 12.9. The van der Waals surface area contributed by atoms with Crippen LogP contribution in [0.2, 0.25) is 10.0 Å². The van der Waals surface area contributed by atoms with Crippen LogP contribution in [-0.2, 0) is 9.59 Å². The topological polar surface area (TPSA) is 79.6 Å². The number of nitrogens with zero attached hydrogens (tertiary/aromatic N) is 1. The van der Waals surface area contributed by atoms with E-state index in [-0.39, 0.29) is 17.0 Å². The molecule has 0 bridgehead atoms. The molecule has 1 fully saturated rings. The van der Waals surface area contributed by atoms with Crippen LogP contribution in [0, 0.1) is 6.92 Å². The number of carbonyl (C=O) groups is 3. The first kappa shape index (κ1) is 19.9. The third-order valence-electron chi connectivity index (χ3n) is 4.54. The van der Waals surface area contributed by atoms with E-state index >= 15 is 0 Å². The van der Waals surface area contributed by atoms with Crippen molar-refractivity contribution in [3.63, 3.8) is 0 Å². The molecule has 0 radical (unpaired) electrons. The summed E-state index contributed by atoms with van der Waals surface area (Å²) in [7, 11) is 0. The Morgan fingerprint density at radius 3 is 2.53 bits per heavy atom. The van der Waals surface area contributed by atoms with Crippen LogP contribution >= 0.6 is 23.2 Å². The lowest BCUT2D eigenvalue weighted by atomic mass is 10.1. The molecule has 1 aromatic heterocycles. The van der Waals surface area contributed by atoms with Crippen molar-refractivity contribution in [2.75, 3.05) is 4.90 Å². The summed E-state index contributed by atoms with van der Waals surface area (Å²) in [5.74, 6) is -0.782. The number of halogens is 2. The molecule has 1 aliphatic rings. The number of rotatable bonds is 3. The van der Waals surface area contributed by atoms with Crippen LogP contribution in [0.1, 0.15) is 11.3 Å². The van der Waals surface area contributed by atoms with Crippen molar-refractivity contribution in [2.24, 2.45) is 0 Å². The van der Waals surface area contributed by atoms with Gasteiger partial charge < -0.3 is 4.42 Å². The molecule has 1 N–H and O–H groups in total. The molecular weight excluding hydrogens is 427 g/mol. The smallest absolute Gasteiger partial charge is 0.335 e. The van der Waals surface area contributed by atoms with E-state index in [1.54, 1.807) is 49.4 Å². The Morgan fingerprint density at radius 1 is 1.00 bits per heavy atom. The summed E-state index contributed by atoms with van der Waals surface area (Å²) in [5, 5.41) is 3.11. The van der Waals surface area contributed by atoms with E-state index in [0.717, 1.165) is 16.0 Å².